The van der Waals surface area contributed by atoms with E-state index in [9.17, 15) is 19.5 Å². The van der Waals surface area contributed by atoms with Crippen LogP contribution in [0.15, 0.2) is 42.5 Å². The first kappa shape index (κ1) is 33.7. The maximum atomic E-state index is 13.9. The maximum absolute atomic E-state index is 13.9. The molecule has 3 fully saturated rings. The number of aliphatic hydroxyl groups excluding tert-OH is 1. The molecule has 1 aliphatic carbocycles. The second-order valence-corrected chi connectivity index (χ2v) is 13.3. The maximum Gasteiger partial charge on any atom is 0.253 e. The van der Waals surface area contributed by atoms with Gasteiger partial charge in [-0.3, -0.25) is 19.3 Å². The van der Waals surface area contributed by atoms with Gasteiger partial charge < -0.3 is 29.7 Å². The molecule has 2 aliphatic heterocycles. The van der Waals surface area contributed by atoms with E-state index < -0.39 is 17.7 Å². The van der Waals surface area contributed by atoms with Crippen LogP contribution in [0.2, 0.25) is 0 Å². The van der Waals surface area contributed by atoms with Crippen molar-refractivity contribution in [2.24, 2.45) is 5.92 Å². The smallest absolute Gasteiger partial charge is 0.253 e. The summed E-state index contributed by atoms with van der Waals surface area (Å²) in [5, 5.41) is 14.2. The van der Waals surface area contributed by atoms with E-state index in [0.29, 0.717) is 61.8 Å². The summed E-state index contributed by atoms with van der Waals surface area (Å²) >= 11 is 0. The summed E-state index contributed by atoms with van der Waals surface area (Å²) in [6.45, 7) is 4.72. The summed E-state index contributed by atoms with van der Waals surface area (Å²) in [6, 6.07) is 12.2. The molecule has 46 heavy (non-hydrogen) atoms. The molecule has 1 spiro atoms. The quantitative estimate of drug-likeness (QED) is 0.372. The molecule has 2 N–H and O–H groups in total. The van der Waals surface area contributed by atoms with Crippen LogP contribution in [0.4, 0.5) is 0 Å². The molecule has 2 atom stereocenters. The highest BCUT2D eigenvalue weighted by Gasteiger charge is 2.55. The van der Waals surface area contributed by atoms with E-state index in [4.69, 9.17) is 9.47 Å². The SMILES string of the molecule is CCCCN1C(=O)[C@@H](C(O)C2CCCCC2)NC(=O)C12CCN(Cc1ccc(Oc3ccc(C(=O)N(C)C)cc3OC)cc1)CC2. The fraction of sp³-hybridized carbons (Fsp3) is 0.583. The van der Waals surface area contributed by atoms with Crippen molar-refractivity contribution in [1.82, 2.24) is 20.0 Å². The summed E-state index contributed by atoms with van der Waals surface area (Å²) in [5.74, 6) is 1.37. The molecule has 0 aromatic heterocycles. The van der Waals surface area contributed by atoms with Crippen molar-refractivity contribution in [2.75, 3.05) is 40.8 Å². The first-order valence-electron chi connectivity index (χ1n) is 16.9. The van der Waals surface area contributed by atoms with E-state index in [1.165, 1.54) is 11.3 Å². The minimum Gasteiger partial charge on any atom is -0.493 e. The van der Waals surface area contributed by atoms with E-state index in [-0.39, 0.29) is 23.6 Å². The van der Waals surface area contributed by atoms with Gasteiger partial charge >= 0.3 is 0 Å². The molecule has 2 aromatic carbocycles. The number of aliphatic hydroxyl groups is 1. The predicted octanol–water partition coefficient (Wildman–Crippen LogP) is 4.59. The standard InChI is InChI=1S/C36H50N4O6/c1-5-6-20-40-34(43)31(32(41)26-10-8-7-9-11-26)37-35(44)36(40)18-21-39(22-19-36)24-25-12-15-28(16-13-25)46-29-17-14-27(23-30(29)45-4)33(42)38(2)3/h12-17,23,26,31-32,41H,5-11,18-22,24H2,1-4H3,(H,37,44)/t31-,32?/m1/s1. The Balaban J connectivity index is 1.21. The fourth-order valence-corrected chi connectivity index (χ4v) is 7.23. The predicted molar refractivity (Wildman–Crippen MR) is 176 cm³/mol. The molecule has 0 bridgehead atoms. The van der Waals surface area contributed by atoms with Gasteiger partial charge in [-0.15, -0.1) is 0 Å². The Bertz CT molecular complexity index is 1370. The van der Waals surface area contributed by atoms with Crippen LogP contribution in [-0.4, -0.2) is 96.1 Å². The van der Waals surface area contributed by atoms with Crippen molar-refractivity contribution in [3.05, 3.63) is 53.6 Å². The molecule has 2 saturated heterocycles. The van der Waals surface area contributed by atoms with Crippen LogP contribution in [0.3, 0.4) is 0 Å². The zero-order valence-electron chi connectivity index (χ0n) is 27.8. The average molecular weight is 635 g/mol. The van der Waals surface area contributed by atoms with Crippen LogP contribution in [-0.2, 0) is 16.1 Å². The number of rotatable bonds is 11. The summed E-state index contributed by atoms with van der Waals surface area (Å²) < 4.78 is 11.6. The monoisotopic (exact) mass is 634 g/mol. The zero-order valence-corrected chi connectivity index (χ0v) is 27.8. The number of methoxy groups -OCH3 is 1. The summed E-state index contributed by atoms with van der Waals surface area (Å²) in [6.07, 6.45) is 7.16. The number of piperazine rings is 1. The van der Waals surface area contributed by atoms with Gasteiger partial charge in [-0.05, 0) is 73.9 Å². The van der Waals surface area contributed by atoms with Crippen molar-refractivity contribution in [3.63, 3.8) is 0 Å². The molecule has 1 unspecified atom stereocenters. The molecule has 2 aromatic rings. The molecule has 5 rings (SSSR count). The number of amides is 3. The molecule has 0 radical (unpaired) electrons. The van der Waals surface area contributed by atoms with Crippen molar-refractivity contribution in [1.29, 1.82) is 0 Å². The van der Waals surface area contributed by atoms with Gasteiger partial charge in [0, 0.05) is 45.8 Å². The number of benzene rings is 2. The Morgan fingerprint density at radius 1 is 1.04 bits per heavy atom. The van der Waals surface area contributed by atoms with Crippen LogP contribution in [0, 0.1) is 5.92 Å². The third-order valence-corrected chi connectivity index (χ3v) is 10.0. The number of piperidine rings is 1. The Kier molecular flexibility index (Phi) is 10.9. The molecule has 3 amide bonds. The lowest BCUT2D eigenvalue weighted by Crippen LogP contribution is -2.75. The van der Waals surface area contributed by atoms with E-state index >= 15 is 0 Å². The molecular weight excluding hydrogens is 584 g/mol. The van der Waals surface area contributed by atoms with E-state index in [2.05, 4.69) is 17.1 Å². The first-order chi connectivity index (χ1) is 22.2. The average Bonchev–Trinajstić information content (AvgIpc) is 3.08. The van der Waals surface area contributed by atoms with Gasteiger partial charge in [0.05, 0.1) is 13.2 Å². The van der Waals surface area contributed by atoms with Crippen molar-refractivity contribution in [2.45, 2.75) is 88.9 Å². The van der Waals surface area contributed by atoms with Crippen LogP contribution < -0.4 is 14.8 Å². The number of nitrogens with one attached hydrogen (secondary N) is 1. The number of unbranched alkanes of at least 4 members (excludes halogenated alkanes) is 1. The Hall–Kier alpha value is -3.63. The van der Waals surface area contributed by atoms with Gasteiger partial charge in [0.25, 0.3) is 5.91 Å². The van der Waals surface area contributed by atoms with Crippen molar-refractivity contribution < 1.29 is 29.0 Å². The highest BCUT2D eigenvalue weighted by molar-refractivity contribution is 6.00. The summed E-state index contributed by atoms with van der Waals surface area (Å²) in [4.78, 5) is 45.7. The van der Waals surface area contributed by atoms with Crippen LogP contribution in [0.5, 0.6) is 17.2 Å². The van der Waals surface area contributed by atoms with Crippen molar-refractivity contribution >= 4 is 17.7 Å². The zero-order chi connectivity index (χ0) is 32.8. The van der Waals surface area contributed by atoms with Crippen molar-refractivity contribution in [3.8, 4) is 17.2 Å². The normalized spacial score (nSPS) is 21.2. The Labute approximate surface area is 273 Å². The fourth-order valence-electron chi connectivity index (χ4n) is 7.23. The third kappa shape index (κ3) is 7.18. The molecule has 10 heteroatoms. The van der Waals surface area contributed by atoms with E-state index in [0.717, 1.165) is 44.1 Å². The molecule has 10 nitrogen and oxygen atoms in total. The lowest BCUT2D eigenvalue weighted by molar-refractivity contribution is -0.166. The van der Waals surface area contributed by atoms with Gasteiger partial charge in [0.15, 0.2) is 11.5 Å². The van der Waals surface area contributed by atoms with E-state index in [1.807, 2.05) is 29.2 Å². The molecule has 2 heterocycles. The van der Waals surface area contributed by atoms with Crippen LogP contribution in [0.1, 0.15) is 80.6 Å². The second-order valence-electron chi connectivity index (χ2n) is 13.3. The van der Waals surface area contributed by atoms with Gasteiger partial charge in [-0.25, -0.2) is 0 Å². The summed E-state index contributed by atoms with van der Waals surface area (Å²) in [5.41, 5.74) is 0.771. The largest absolute Gasteiger partial charge is 0.493 e. The number of ether oxygens (including phenoxy) is 2. The highest BCUT2D eigenvalue weighted by atomic mass is 16.5. The number of carbonyl (C=O) groups excluding carboxylic acids is 3. The van der Waals surface area contributed by atoms with E-state index in [1.54, 1.807) is 39.4 Å². The van der Waals surface area contributed by atoms with Crippen LogP contribution >= 0.6 is 0 Å². The van der Waals surface area contributed by atoms with Gasteiger partial charge in [0.2, 0.25) is 11.8 Å². The molecule has 250 valence electrons. The minimum absolute atomic E-state index is 0.0602. The number of nitrogens with zero attached hydrogens (tertiary/aromatic N) is 3. The minimum atomic E-state index is -0.866. The molecule has 3 aliphatic rings. The van der Waals surface area contributed by atoms with Gasteiger partial charge in [0.1, 0.15) is 17.3 Å². The number of hydrogen-bond acceptors (Lipinski definition) is 7. The number of likely N-dealkylation sites (tertiary alicyclic amines) is 1. The lowest BCUT2D eigenvalue weighted by atomic mass is 9.78. The third-order valence-electron chi connectivity index (χ3n) is 10.0. The molecule has 1 saturated carbocycles. The second kappa shape index (κ2) is 14.9. The first-order valence-corrected chi connectivity index (χ1v) is 16.9. The number of hydrogen-bond donors (Lipinski definition) is 2. The highest BCUT2D eigenvalue weighted by Crippen LogP contribution is 2.37. The number of carbonyl (C=O) groups is 3. The van der Waals surface area contributed by atoms with Crippen LogP contribution in [0.25, 0.3) is 0 Å². The van der Waals surface area contributed by atoms with Gasteiger partial charge in [-0.1, -0.05) is 44.7 Å². The Morgan fingerprint density at radius 2 is 1.74 bits per heavy atom. The topological polar surface area (TPSA) is 112 Å². The Morgan fingerprint density at radius 3 is 2.37 bits per heavy atom. The lowest BCUT2D eigenvalue weighted by Gasteiger charge is -2.52. The molecular formula is C36H50N4O6. The summed E-state index contributed by atoms with van der Waals surface area (Å²) in [7, 11) is 4.96. The van der Waals surface area contributed by atoms with Gasteiger partial charge in [-0.2, -0.15) is 0 Å².